The highest BCUT2D eigenvalue weighted by atomic mass is 31.2. The van der Waals surface area contributed by atoms with E-state index in [9.17, 15) is 19.0 Å². The Kier molecular flexibility index (Phi) is 88.1. The Morgan fingerprint density at radius 2 is 0.476 bits per heavy atom. The molecule has 2 atom stereocenters. The minimum atomic E-state index is -4.40. The molecule has 0 aromatic rings. The number of allylic oxidation sites excluding steroid dienone is 4. The summed E-state index contributed by atoms with van der Waals surface area (Å²) in [5.41, 5.74) is 5.43. The summed E-state index contributed by atoms with van der Waals surface area (Å²) in [5, 5.41) is 0. The average molecular weight is 1470 g/mol. The summed E-state index contributed by atoms with van der Waals surface area (Å²) in [4.78, 5) is 35.6. The quantitative estimate of drug-likeness (QED) is 0.0264. The number of unbranched alkanes of at least 4 members (excludes halogenated alkanes) is 74. The number of nitrogens with two attached hydrogens (primary N) is 1. The first-order valence-corrected chi connectivity index (χ1v) is 48.3. The molecule has 0 aliphatic rings. The number of rotatable bonds is 91. The van der Waals surface area contributed by atoms with Crippen LogP contribution in [0.4, 0.5) is 0 Å². The van der Waals surface area contributed by atoms with Crippen molar-refractivity contribution in [3.63, 3.8) is 0 Å². The van der Waals surface area contributed by atoms with E-state index in [0.29, 0.717) is 6.42 Å². The molecule has 0 aliphatic carbocycles. The van der Waals surface area contributed by atoms with E-state index in [1.165, 1.54) is 462 Å². The van der Waals surface area contributed by atoms with E-state index in [2.05, 4.69) is 38.2 Å². The Morgan fingerprint density at radius 3 is 0.689 bits per heavy atom. The molecule has 612 valence electrons. The summed E-state index contributed by atoms with van der Waals surface area (Å²) < 4.78 is 33.4. The number of phosphoric acid groups is 1. The van der Waals surface area contributed by atoms with Crippen LogP contribution < -0.4 is 5.73 Å². The third kappa shape index (κ3) is 89.3. The van der Waals surface area contributed by atoms with Gasteiger partial charge < -0.3 is 20.1 Å². The maximum absolute atomic E-state index is 12.8. The van der Waals surface area contributed by atoms with Gasteiger partial charge in [-0.1, -0.05) is 475 Å². The number of hydrogen-bond acceptors (Lipinski definition) is 8. The van der Waals surface area contributed by atoms with Gasteiger partial charge in [0.15, 0.2) is 6.10 Å². The summed E-state index contributed by atoms with van der Waals surface area (Å²) in [6.45, 7) is 3.85. The third-order valence-electron chi connectivity index (χ3n) is 21.8. The summed E-state index contributed by atoms with van der Waals surface area (Å²) in [7, 11) is -4.40. The largest absolute Gasteiger partial charge is 0.472 e. The van der Waals surface area contributed by atoms with Crippen LogP contribution in [-0.4, -0.2) is 49.3 Å². The Morgan fingerprint density at radius 1 is 0.282 bits per heavy atom. The molecule has 0 aromatic heterocycles. The number of phosphoric ester groups is 1. The fraction of sp³-hybridized carbons (Fsp3) is 0.935. The lowest BCUT2D eigenvalue weighted by molar-refractivity contribution is -0.161. The smallest absolute Gasteiger partial charge is 0.462 e. The Labute approximate surface area is 643 Å². The predicted octanol–water partition coefficient (Wildman–Crippen LogP) is 31.9. The molecule has 10 heteroatoms. The van der Waals surface area contributed by atoms with E-state index in [0.717, 1.165) is 32.1 Å². The second kappa shape index (κ2) is 89.4. The lowest BCUT2D eigenvalue weighted by Crippen LogP contribution is -2.29. The molecule has 0 radical (unpaired) electrons. The zero-order valence-corrected chi connectivity index (χ0v) is 70.5. The molecule has 0 bridgehead atoms. The topological polar surface area (TPSA) is 134 Å². The highest BCUT2D eigenvalue weighted by molar-refractivity contribution is 7.47. The van der Waals surface area contributed by atoms with E-state index in [4.69, 9.17) is 24.3 Å². The standard InChI is InChI=1S/C93H182NO8P/c1-3-5-7-9-11-13-15-17-19-21-23-25-27-29-31-33-35-37-39-41-43-45-47-49-51-53-55-57-59-61-63-65-67-69-71-73-75-77-79-81-83-85-92(95)99-89-91(90-101-103(97,98)100-88-87-94)102-93(96)86-84-82-80-78-76-74-72-70-68-66-64-62-60-58-56-54-52-50-48-46-44-42-40-38-36-34-32-30-28-26-24-22-20-18-16-14-12-10-8-6-4-2/h21-24,91H,3-20,25-90,94H2,1-2H3,(H,97,98)/b23-21-,24-22-. The molecule has 0 rings (SSSR count). The van der Waals surface area contributed by atoms with Gasteiger partial charge in [-0.3, -0.25) is 18.6 Å². The fourth-order valence-corrected chi connectivity index (χ4v) is 15.6. The maximum Gasteiger partial charge on any atom is 0.472 e. The van der Waals surface area contributed by atoms with Crippen LogP contribution >= 0.6 is 7.82 Å². The van der Waals surface area contributed by atoms with Gasteiger partial charge in [-0.15, -0.1) is 0 Å². The Hall–Kier alpha value is -1.51. The van der Waals surface area contributed by atoms with Crippen molar-refractivity contribution in [1.82, 2.24) is 0 Å². The highest BCUT2D eigenvalue weighted by Gasteiger charge is 2.26. The maximum atomic E-state index is 12.8. The highest BCUT2D eigenvalue weighted by Crippen LogP contribution is 2.43. The zero-order chi connectivity index (χ0) is 74.3. The van der Waals surface area contributed by atoms with Crippen LogP contribution in [0.3, 0.4) is 0 Å². The van der Waals surface area contributed by atoms with Gasteiger partial charge in [-0.05, 0) is 64.2 Å². The lowest BCUT2D eigenvalue weighted by atomic mass is 10.0. The molecule has 0 saturated carbocycles. The first-order valence-electron chi connectivity index (χ1n) is 46.8. The van der Waals surface area contributed by atoms with Crippen molar-refractivity contribution in [1.29, 1.82) is 0 Å². The molecule has 0 amide bonds. The van der Waals surface area contributed by atoms with Crippen molar-refractivity contribution in [3.05, 3.63) is 24.3 Å². The first-order chi connectivity index (χ1) is 50.8. The molecule has 0 spiro atoms. The molecule has 0 aliphatic heterocycles. The van der Waals surface area contributed by atoms with Gasteiger partial charge in [0.1, 0.15) is 6.61 Å². The molecule has 103 heavy (non-hydrogen) atoms. The molecular weight excluding hydrogens is 1290 g/mol. The number of ether oxygens (including phenoxy) is 2. The van der Waals surface area contributed by atoms with Crippen LogP contribution in [0.15, 0.2) is 24.3 Å². The van der Waals surface area contributed by atoms with Gasteiger partial charge in [0, 0.05) is 19.4 Å². The van der Waals surface area contributed by atoms with E-state index in [-0.39, 0.29) is 38.6 Å². The van der Waals surface area contributed by atoms with E-state index >= 15 is 0 Å². The van der Waals surface area contributed by atoms with Gasteiger partial charge in [-0.25, -0.2) is 4.57 Å². The van der Waals surface area contributed by atoms with Crippen LogP contribution in [0, 0.1) is 0 Å². The molecule has 3 N–H and O–H groups in total. The zero-order valence-electron chi connectivity index (χ0n) is 69.6. The van der Waals surface area contributed by atoms with Crippen LogP contribution in [0.1, 0.15) is 528 Å². The lowest BCUT2D eigenvalue weighted by Gasteiger charge is -2.19. The molecule has 2 unspecified atom stereocenters. The minimum Gasteiger partial charge on any atom is -0.462 e. The second-order valence-electron chi connectivity index (χ2n) is 32.2. The minimum absolute atomic E-state index is 0.0580. The monoisotopic (exact) mass is 1470 g/mol. The molecule has 0 fully saturated rings. The van der Waals surface area contributed by atoms with Crippen LogP contribution in [0.2, 0.25) is 0 Å². The number of carbonyl (C=O) groups excluding carboxylic acids is 2. The van der Waals surface area contributed by atoms with Crippen LogP contribution in [0.5, 0.6) is 0 Å². The van der Waals surface area contributed by atoms with Crippen molar-refractivity contribution in [2.45, 2.75) is 534 Å². The van der Waals surface area contributed by atoms with Gasteiger partial charge >= 0.3 is 19.8 Å². The molecule has 9 nitrogen and oxygen atoms in total. The van der Waals surface area contributed by atoms with Gasteiger partial charge in [0.2, 0.25) is 0 Å². The molecule has 0 aromatic carbocycles. The molecule has 0 heterocycles. The first kappa shape index (κ1) is 101. The van der Waals surface area contributed by atoms with Crippen molar-refractivity contribution in [2.24, 2.45) is 5.73 Å². The van der Waals surface area contributed by atoms with Crippen LogP contribution in [-0.2, 0) is 32.7 Å². The number of carbonyl (C=O) groups is 2. The predicted molar refractivity (Wildman–Crippen MR) is 451 cm³/mol. The fourth-order valence-electron chi connectivity index (χ4n) is 14.9. The van der Waals surface area contributed by atoms with Gasteiger partial charge in [0.25, 0.3) is 0 Å². The SMILES string of the molecule is CCCCCCCCCC/C=C\CCCCCCCCCCCCCCCCCCCCCCCCCCCCCCCC(=O)OCC(COP(=O)(O)OCCN)OC(=O)CCCCCCCCCCCCCCCCCCCCCCCCCCCCCCC/C=C\CCCCCCCCCC. The molecule has 0 saturated heterocycles. The second-order valence-corrected chi connectivity index (χ2v) is 33.7. The Balaban J connectivity index is 3.66. The average Bonchev–Trinajstić information content (AvgIpc) is 1.08. The summed E-state index contributed by atoms with van der Waals surface area (Å²) in [6.07, 6.45) is 115. The summed E-state index contributed by atoms with van der Waals surface area (Å²) >= 11 is 0. The number of esters is 2. The third-order valence-corrected chi connectivity index (χ3v) is 22.8. The van der Waals surface area contributed by atoms with Gasteiger partial charge in [0.05, 0.1) is 13.2 Å². The van der Waals surface area contributed by atoms with Crippen molar-refractivity contribution in [2.75, 3.05) is 26.4 Å². The van der Waals surface area contributed by atoms with Gasteiger partial charge in [-0.2, -0.15) is 0 Å². The number of hydrogen-bond donors (Lipinski definition) is 2. The molecular formula is C93H182NO8P. The summed E-state index contributed by atoms with van der Waals surface area (Å²) in [6, 6.07) is 0. The van der Waals surface area contributed by atoms with E-state index in [1.54, 1.807) is 0 Å². The van der Waals surface area contributed by atoms with Crippen LogP contribution in [0.25, 0.3) is 0 Å². The Bertz CT molecular complexity index is 1740. The van der Waals surface area contributed by atoms with E-state index in [1.807, 2.05) is 0 Å². The van der Waals surface area contributed by atoms with E-state index < -0.39 is 26.5 Å². The summed E-state index contributed by atoms with van der Waals surface area (Å²) in [5.74, 6) is -0.794. The normalized spacial score (nSPS) is 12.8. The van der Waals surface area contributed by atoms with Crippen molar-refractivity contribution >= 4 is 19.8 Å². The van der Waals surface area contributed by atoms with Crippen molar-refractivity contribution < 1.29 is 37.6 Å². The van der Waals surface area contributed by atoms with Crippen molar-refractivity contribution in [3.8, 4) is 0 Å².